The number of nitrogens with one attached hydrogen (secondary N) is 1. The van der Waals surface area contributed by atoms with E-state index in [-0.39, 0.29) is 16.1 Å². The molecule has 0 radical (unpaired) electrons. The van der Waals surface area contributed by atoms with Gasteiger partial charge in [-0.05, 0) is 11.8 Å². The van der Waals surface area contributed by atoms with E-state index in [1.165, 1.54) is 10.6 Å². The average molecular weight is 231 g/mol. The summed E-state index contributed by atoms with van der Waals surface area (Å²) in [6.45, 7) is 6.44. The molecule has 1 heterocycles. The minimum Gasteiger partial charge on any atom is -0.298 e. The number of aromatic nitrogens is 2. The van der Waals surface area contributed by atoms with E-state index in [9.17, 15) is 9.59 Å². The SMILES string of the molecule is CCC(C)(C)Cn1c(=O)cc(Cl)[nH]c1=O. The van der Waals surface area contributed by atoms with Gasteiger partial charge in [0.15, 0.2) is 0 Å². The van der Waals surface area contributed by atoms with Crippen LogP contribution in [0.1, 0.15) is 27.2 Å². The van der Waals surface area contributed by atoms with Crippen molar-refractivity contribution in [3.63, 3.8) is 0 Å². The molecule has 0 aliphatic heterocycles. The maximum Gasteiger partial charge on any atom is 0.329 e. The number of aromatic amines is 1. The van der Waals surface area contributed by atoms with E-state index < -0.39 is 5.69 Å². The summed E-state index contributed by atoms with van der Waals surface area (Å²) < 4.78 is 1.18. The van der Waals surface area contributed by atoms with E-state index >= 15 is 0 Å². The molecule has 0 amide bonds. The van der Waals surface area contributed by atoms with Gasteiger partial charge in [0.25, 0.3) is 5.56 Å². The summed E-state index contributed by atoms with van der Waals surface area (Å²) in [7, 11) is 0. The van der Waals surface area contributed by atoms with Gasteiger partial charge in [-0.2, -0.15) is 0 Å². The predicted molar refractivity (Wildman–Crippen MR) is 60.4 cm³/mol. The first-order chi connectivity index (χ1) is 6.85. The third-order valence-electron chi connectivity index (χ3n) is 2.53. The second kappa shape index (κ2) is 4.23. The minimum atomic E-state index is -0.450. The van der Waals surface area contributed by atoms with E-state index in [1.807, 2.05) is 20.8 Å². The summed E-state index contributed by atoms with van der Waals surface area (Å²) in [5, 5.41) is 0.0792. The number of H-pyrrole nitrogens is 1. The highest BCUT2D eigenvalue weighted by molar-refractivity contribution is 6.29. The molecule has 0 fully saturated rings. The highest BCUT2D eigenvalue weighted by Crippen LogP contribution is 2.20. The molecule has 0 aliphatic carbocycles. The normalized spacial score (nSPS) is 11.7. The van der Waals surface area contributed by atoms with Gasteiger partial charge in [0.1, 0.15) is 5.15 Å². The Balaban J connectivity index is 3.17. The Kier molecular flexibility index (Phi) is 3.39. The molecular weight excluding hydrogens is 216 g/mol. The summed E-state index contributed by atoms with van der Waals surface area (Å²) in [5.74, 6) is 0. The molecule has 84 valence electrons. The molecule has 1 N–H and O–H groups in total. The Labute approximate surface area is 92.9 Å². The van der Waals surface area contributed by atoms with E-state index in [4.69, 9.17) is 11.6 Å². The summed E-state index contributed by atoms with van der Waals surface area (Å²) in [4.78, 5) is 25.4. The van der Waals surface area contributed by atoms with Crippen molar-refractivity contribution in [3.8, 4) is 0 Å². The maximum absolute atomic E-state index is 11.5. The van der Waals surface area contributed by atoms with E-state index in [0.717, 1.165) is 6.42 Å². The van der Waals surface area contributed by atoms with Gasteiger partial charge >= 0.3 is 5.69 Å². The maximum atomic E-state index is 11.5. The van der Waals surface area contributed by atoms with Gasteiger partial charge in [-0.25, -0.2) is 4.79 Å². The highest BCUT2D eigenvalue weighted by atomic mass is 35.5. The summed E-state index contributed by atoms with van der Waals surface area (Å²) in [6, 6.07) is 1.22. The van der Waals surface area contributed by atoms with Gasteiger partial charge in [0, 0.05) is 12.6 Å². The molecule has 0 spiro atoms. The lowest BCUT2D eigenvalue weighted by Gasteiger charge is -2.22. The lowest BCUT2D eigenvalue weighted by molar-refractivity contribution is 0.284. The van der Waals surface area contributed by atoms with E-state index in [2.05, 4.69) is 4.98 Å². The minimum absolute atomic E-state index is 0.0787. The largest absolute Gasteiger partial charge is 0.329 e. The van der Waals surface area contributed by atoms with Crippen molar-refractivity contribution >= 4 is 11.6 Å². The van der Waals surface area contributed by atoms with E-state index in [0.29, 0.717) is 6.54 Å². The number of halogens is 1. The van der Waals surface area contributed by atoms with Crippen LogP contribution in [0.15, 0.2) is 15.7 Å². The smallest absolute Gasteiger partial charge is 0.298 e. The molecule has 5 heteroatoms. The molecule has 1 aromatic rings. The highest BCUT2D eigenvalue weighted by Gasteiger charge is 2.18. The van der Waals surface area contributed by atoms with Gasteiger partial charge in [-0.15, -0.1) is 0 Å². The number of hydrogen-bond acceptors (Lipinski definition) is 2. The van der Waals surface area contributed by atoms with Gasteiger partial charge in [-0.1, -0.05) is 32.4 Å². The van der Waals surface area contributed by atoms with Crippen LogP contribution in [0, 0.1) is 5.41 Å². The molecule has 0 saturated carbocycles. The Bertz CT molecular complexity index is 428. The zero-order chi connectivity index (χ0) is 11.6. The Morgan fingerprint density at radius 3 is 2.53 bits per heavy atom. The fourth-order valence-corrected chi connectivity index (χ4v) is 1.36. The average Bonchev–Trinajstić information content (AvgIpc) is 2.11. The third kappa shape index (κ3) is 2.96. The Hall–Kier alpha value is -1.03. The van der Waals surface area contributed by atoms with Crippen molar-refractivity contribution in [1.82, 2.24) is 9.55 Å². The Morgan fingerprint density at radius 2 is 2.07 bits per heavy atom. The molecule has 1 aromatic heterocycles. The van der Waals surface area contributed by atoms with Crippen molar-refractivity contribution in [1.29, 1.82) is 0 Å². The van der Waals surface area contributed by atoms with Gasteiger partial charge in [0.05, 0.1) is 0 Å². The summed E-state index contributed by atoms with van der Waals surface area (Å²) >= 11 is 5.56. The third-order valence-corrected chi connectivity index (χ3v) is 2.73. The van der Waals surface area contributed by atoms with Crippen LogP contribution in [0.25, 0.3) is 0 Å². The molecule has 0 bridgehead atoms. The number of nitrogens with zero attached hydrogens (tertiary/aromatic N) is 1. The van der Waals surface area contributed by atoms with Crippen LogP contribution in [-0.2, 0) is 6.54 Å². The predicted octanol–water partition coefficient (Wildman–Crippen LogP) is 1.63. The Morgan fingerprint density at radius 1 is 1.47 bits per heavy atom. The van der Waals surface area contributed by atoms with Crippen LogP contribution in [-0.4, -0.2) is 9.55 Å². The zero-order valence-corrected chi connectivity index (χ0v) is 9.89. The lowest BCUT2D eigenvalue weighted by Crippen LogP contribution is -2.38. The molecule has 0 atom stereocenters. The second-order valence-electron chi connectivity index (χ2n) is 4.36. The molecule has 4 nitrogen and oxygen atoms in total. The molecule has 0 saturated heterocycles. The van der Waals surface area contributed by atoms with E-state index in [1.54, 1.807) is 0 Å². The number of hydrogen-bond donors (Lipinski definition) is 1. The van der Waals surface area contributed by atoms with Crippen LogP contribution in [0.4, 0.5) is 0 Å². The molecule has 0 aromatic carbocycles. The van der Waals surface area contributed by atoms with Gasteiger partial charge < -0.3 is 0 Å². The van der Waals surface area contributed by atoms with Crippen molar-refractivity contribution < 1.29 is 0 Å². The first kappa shape index (κ1) is 12.0. The zero-order valence-electron chi connectivity index (χ0n) is 9.13. The van der Waals surface area contributed by atoms with Crippen LogP contribution in [0.3, 0.4) is 0 Å². The fourth-order valence-electron chi connectivity index (χ4n) is 1.18. The molecular formula is C10H15ClN2O2. The summed E-state index contributed by atoms with van der Waals surface area (Å²) in [6.07, 6.45) is 0.890. The van der Waals surface area contributed by atoms with Crippen LogP contribution >= 0.6 is 11.6 Å². The standard InChI is InChI=1S/C10H15ClN2O2/c1-4-10(2,3)6-13-8(14)5-7(11)12-9(13)15/h5H,4,6H2,1-3H3,(H,12,15). The van der Waals surface area contributed by atoms with Crippen molar-refractivity contribution in [3.05, 3.63) is 32.1 Å². The summed E-state index contributed by atoms with van der Waals surface area (Å²) in [5.41, 5.74) is -0.885. The molecule has 15 heavy (non-hydrogen) atoms. The first-order valence-electron chi connectivity index (χ1n) is 4.85. The first-order valence-corrected chi connectivity index (χ1v) is 5.23. The van der Waals surface area contributed by atoms with Crippen LogP contribution in [0.2, 0.25) is 5.15 Å². The van der Waals surface area contributed by atoms with Gasteiger partial charge in [-0.3, -0.25) is 14.3 Å². The number of rotatable bonds is 3. The fraction of sp³-hybridized carbons (Fsp3) is 0.600. The van der Waals surface area contributed by atoms with Crippen LogP contribution < -0.4 is 11.2 Å². The molecule has 0 unspecified atom stereocenters. The quantitative estimate of drug-likeness (QED) is 0.803. The van der Waals surface area contributed by atoms with Crippen molar-refractivity contribution in [2.75, 3.05) is 0 Å². The van der Waals surface area contributed by atoms with Crippen molar-refractivity contribution in [2.45, 2.75) is 33.7 Å². The van der Waals surface area contributed by atoms with Crippen molar-refractivity contribution in [2.24, 2.45) is 5.41 Å². The topological polar surface area (TPSA) is 54.9 Å². The monoisotopic (exact) mass is 230 g/mol. The second-order valence-corrected chi connectivity index (χ2v) is 4.77. The molecule has 0 aliphatic rings. The molecule has 1 rings (SSSR count). The lowest BCUT2D eigenvalue weighted by atomic mass is 9.90. The van der Waals surface area contributed by atoms with Crippen LogP contribution in [0.5, 0.6) is 0 Å². The van der Waals surface area contributed by atoms with Gasteiger partial charge in [0.2, 0.25) is 0 Å².